The second kappa shape index (κ2) is 5.05. The molecule has 0 fully saturated rings. The summed E-state index contributed by atoms with van der Waals surface area (Å²) in [6.07, 6.45) is 2.83. The van der Waals surface area contributed by atoms with Crippen molar-refractivity contribution >= 4 is 17.5 Å². The highest BCUT2D eigenvalue weighted by molar-refractivity contribution is 6.30. The Labute approximate surface area is 101 Å². The number of hydrogen-bond donors (Lipinski definition) is 1. The SMILES string of the molecule is Fc1ccc(F)c(CNc2ncc(Cl)cn2)c1. The van der Waals surface area contributed by atoms with Crippen LogP contribution in [0.1, 0.15) is 5.56 Å². The number of aromatic nitrogens is 2. The lowest BCUT2D eigenvalue weighted by Crippen LogP contribution is -2.05. The molecule has 3 nitrogen and oxygen atoms in total. The number of nitrogens with one attached hydrogen (secondary N) is 1. The number of halogens is 3. The van der Waals surface area contributed by atoms with Crippen molar-refractivity contribution < 1.29 is 8.78 Å². The van der Waals surface area contributed by atoms with Crippen molar-refractivity contribution in [2.45, 2.75) is 6.54 Å². The van der Waals surface area contributed by atoms with E-state index in [1.807, 2.05) is 0 Å². The average Bonchev–Trinajstić information content (AvgIpc) is 2.32. The minimum atomic E-state index is -0.486. The van der Waals surface area contributed by atoms with E-state index in [1.54, 1.807) is 0 Å². The fraction of sp³-hybridized carbons (Fsp3) is 0.0909. The monoisotopic (exact) mass is 255 g/mol. The van der Waals surface area contributed by atoms with Gasteiger partial charge in [-0.3, -0.25) is 0 Å². The Hall–Kier alpha value is -1.75. The van der Waals surface area contributed by atoms with Crippen LogP contribution in [0, 0.1) is 11.6 Å². The number of nitrogens with zero attached hydrogens (tertiary/aromatic N) is 2. The van der Waals surface area contributed by atoms with Crippen molar-refractivity contribution in [3.05, 3.63) is 52.8 Å². The number of anilines is 1. The highest BCUT2D eigenvalue weighted by atomic mass is 35.5. The summed E-state index contributed by atoms with van der Waals surface area (Å²) in [5.74, 6) is -0.661. The van der Waals surface area contributed by atoms with Gasteiger partial charge in [0.1, 0.15) is 11.6 Å². The van der Waals surface area contributed by atoms with Crippen molar-refractivity contribution in [3.8, 4) is 0 Å². The minimum absolute atomic E-state index is 0.102. The van der Waals surface area contributed by atoms with Crippen molar-refractivity contribution in [2.75, 3.05) is 5.32 Å². The van der Waals surface area contributed by atoms with Gasteiger partial charge < -0.3 is 5.32 Å². The molecule has 0 unspecified atom stereocenters. The maximum Gasteiger partial charge on any atom is 0.222 e. The Bertz CT molecular complexity index is 517. The third-order valence-corrected chi connectivity index (χ3v) is 2.26. The molecule has 0 saturated carbocycles. The first-order valence-corrected chi connectivity index (χ1v) is 5.18. The fourth-order valence-electron chi connectivity index (χ4n) is 1.26. The summed E-state index contributed by atoms with van der Waals surface area (Å²) in [6, 6.07) is 3.27. The highest BCUT2D eigenvalue weighted by Gasteiger charge is 2.04. The van der Waals surface area contributed by atoms with Crippen LogP contribution in [0.2, 0.25) is 5.02 Å². The zero-order chi connectivity index (χ0) is 12.3. The summed E-state index contributed by atoms with van der Waals surface area (Å²) >= 11 is 5.61. The Balaban J connectivity index is 2.07. The predicted molar refractivity (Wildman–Crippen MR) is 60.7 cm³/mol. The zero-order valence-electron chi connectivity index (χ0n) is 8.62. The molecule has 17 heavy (non-hydrogen) atoms. The smallest absolute Gasteiger partial charge is 0.222 e. The fourth-order valence-corrected chi connectivity index (χ4v) is 1.35. The van der Waals surface area contributed by atoms with Gasteiger partial charge in [0.15, 0.2) is 0 Å². The molecule has 88 valence electrons. The standard InChI is InChI=1S/C11H8ClF2N3/c12-8-5-16-11(17-6-8)15-4-7-3-9(13)1-2-10(7)14/h1-3,5-6H,4H2,(H,15,16,17). The third kappa shape index (κ3) is 3.10. The first-order chi connectivity index (χ1) is 8.15. The van der Waals surface area contributed by atoms with E-state index in [0.29, 0.717) is 11.0 Å². The predicted octanol–water partition coefficient (Wildman–Crippen LogP) is 3.02. The van der Waals surface area contributed by atoms with Gasteiger partial charge >= 0.3 is 0 Å². The van der Waals surface area contributed by atoms with Crippen LogP contribution in [-0.4, -0.2) is 9.97 Å². The first-order valence-electron chi connectivity index (χ1n) is 4.80. The lowest BCUT2D eigenvalue weighted by molar-refractivity contribution is 0.587. The molecular formula is C11H8ClF2N3. The molecule has 0 saturated heterocycles. The summed E-state index contributed by atoms with van der Waals surface area (Å²) < 4.78 is 26.2. The maximum absolute atomic E-state index is 13.3. The zero-order valence-corrected chi connectivity index (χ0v) is 9.38. The minimum Gasteiger partial charge on any atom is -0.350 e. The largest absolute Gasteiger partial charge is 0.350 e. The molecule has 0 atom stereocenters. The summed E-state index contributed by atoms with van der Waals surface area (Å²) in [5, 5.41) is 3.18. The van der Waals surface area contributed by atoms with E-state index in [-0.39, 0.29) is 12.1 Å². The molecule has 0 bridgehead atoms. The van der Waals surface area contributed by atoms with Gasteiger partial charge in [-0.05, 0) is 18.2 Å². The molecule has 0 aliphatic carbocycles. The van der Waals surface area contributed by atoms with E-state index in [1.165, 1.54) is 12.4 Å². The molecular weight excluding hydrogens is 248 g/mol. The molecule has 0 aliphatic rings. The van der Waals surface area contributed by atoms with Gasteiger partial charge in [0.2, 0.25) is 5.95 Å². The second-order valence-electron chi connectivity index (χ2n) is 3.31. The van der Waals surface area contributed by atoms with Crippen molar-refractivity contribution in [2.24, 2.45) is 0 Å². The van der Waals surface area contributed by atoms with Crippen LogP contribution in [0.25, 0.3) is 0 Å². The van der Waals surface area contributed by atoms with Gasteiger partial charge in [-0.1, -0.05) is 11.6 Å². The maximum atomic E-state index is 13.3. The van der Waals surface area contributed by atoms with Crippen molar-refractivity contribution in [1.82, 2.24) is 9.97 Å². The highest BCUT2D eigenvalue weighted by Crippen LogP contribution is 2.11. The summed E-state index contributed by atoms with van der Waals surface area (Å²) in [6.45, 7) is 0.102. The van der Waals surface area contributed by atoms with Crippen LogP contribution in [-0.2, 0) is 6.54 Å². The molecule has 1 N–H and O–H groups in total. The van der Waals surface area contributed by atoms with Crippen LogP contribution in [0.4, 0.5) is 14.7 Å². The first kappa shape index (κ1) is 11.7. The van der Waals surface area contributed by atoms with E-state index in [4.69, 9.17) is 11.6 Å². The molecule has 1 heterocycles. The van der Waals surface area contributed by atoms with Gasteiger partial charge in [0, 0.05) is 12.1 Å². The van der Waals surface area contributed by atoms with Gasteiger partial charge in [-0.25, -0.2) is 18.7 Å². The molecule has 2 rings (SSSR count). The van der Waals surface area contributed by atoms with Crippen molar-refractivity contribution in [1.29, 1.82) is 0 Å². The molecule has 0 spiro atoms. The summed E-state index contributed by atoms with van der Waals surface area (Å²) in [4.78, 5) is 7.75. The van der Waals surface area contributed by atoms with E-state index < -0.39 is 11.6 Å². The van der Waals surface area contributed by atoms with Crippen LogP contribution in [0.5, 0.6) is 0 Å². The van der Waals surface area contributed by atoms with Crippen LogP contribution in [0.3, 0.4) is 0 Å². The van der Waals surface area contributed by atoms with Crippen LogP contribution < -0.4 is 5.32 Å². The molecule has 6 heteroatoms. The second-order valence-corrected chi connectivity index (χ2v) is 3.75. The normalized spacial score (nSPS) is 10.3. The third-order valence-electron chi connectivity index (χ3n) is 2.07. The molecule has 1 aromatic heterocycles. The molecule has 1 aromatic carbocycles. The number of benzene rings is 1. The van der Waals surface area contributed by atoms with Gasteiger partial charge in [0.25, 0.3) is 0 Å². The Morgan fingerprint density at radius 2 is 1.88 bits per heavy atom. The van der Waals surface area contributed by atoms with Gasteiger partial charge in [-0.2, -0.15) is 0 Å². The van der Waals surface area contributed by atoms with Gasteiger partial charge in [0.05, 0.1) is 17.4 Å². The summed E-state index contributed by atoms with van der Waals surface area (Å²) in [7, 11) is 0. The van der Waals surface area contributed by atoms with E-state index in [9.17, 15) is 8.78 Å². The summed E-state index contributed by atoms with van der Waals surface area (Å²) in [5.41, 5.74) is 0.212. The molecule has 2 aromatic rings. The van der Waals surface area contributed by atoms with Crippen LogP contribution >= 0.6 is 11.6 Å². The molecule has 0 aliphatic heterocycles. The lowest BCUT2D eigenvalue weighted by Gasteiger charge is -2.05. The Morgan fingerprint density at radius 1 is 1.18 bits per heavy atom. The number of hydrogen-bond acceptors (Lipinski definition) is 3. The molecule has 0 amide bonds. The average molecular weight is 256 g/mol. The Morgan fingerprint density at radius 3 is 2.59 bits per heavy atom. The van der Waals surface area contributed by atoms with E-state index in [0.717, 1.165) is 18.2 Å². The van der Waals surface area contributed by atoms with Gasteiger partial charge in [-0.15, -0.1) is 0 Å². The van der Waals surface area contributed by atoms with Crippen molar-refractivity contribution in [3.63, 3.8) is 0 Å². The van der Waals surface area contributed by atoms with E-state index in [2.05, 4.69) is 15.3 Å². The van der Waals surface area contributed by atoms with E-state index >= 15 is 0 Å². The topological polar surface area (TPSA) is 37.8 Å². The number of rotatable bonds is 3. The van der Waals surface area contributed by atoms with Crippen LogP contribution in [0.15, 0.2) is 30.6 Å². The Kier molecular flexibility index (Phi) is 3.49. The molecule has 0 radical (unpaired) electrons. The quantitative estimate of drug-likeness (QED) is 0.916. The lowest BCUT2D eigenvalue weighted by atomic mass is 10.2.